The van der Waals surface area contributed by atoms with E-state index in [4.69, 9.17) is 21.1 Å². The minimum atomic E-state index is -0.649. The van der Waals surface area contributed by atoms with Crippen LogP contribution in [-0.2, 0) is 16.1 Å². The van der Waals surface area contributed by atoms with Crippen LogP contribution in [0, 0.1) is 6.92 Å². The largest absolute Gasteiger partial charge is 0.496 e. The van der Waals surface area contributed by atoms with Gasteiger partial charge < -0.3 is 9.47 Å². The number of ether oxygens (including phenoxy) is 2. The lowest BCUT2D eigenvalue weighted by Gasteiger charge is -2.07. The van der Waals surface area contributed by atoms with Crippen molar-refractivity contribution in [2.75, 3.05) is 13.7 Å². The van der Waals surface area contributed by atoms with Crippen LogP contribution in [0.2, 0.25) is 5.15 Å². The number of hydrogen-bond acceptors (Lipinski definition) is 5. The molecule has 30 heavy (non-hydrogen) atoms. The molecule has 7 heteroatoms. The molecule has 154 valence electrons. The Morgan fingerprint density at radius 2 is 1.80 bits per heavy atom. The molecule has 0 atom stereocenters. The molecule has 0 radical (unpaired) electrons. The molecule has 3 rings (SSSR count). The quantitative estimate of drug-likeness (QED) is 0.305. The maximum absolute atomic E-state index is 12.3. The Kier molecular flexibility index (Phi) is 7.03. The van der Waals surface area contributed by atoms with Gasteiger partial charge in [-0.05, 0) is 30.7 Å². The number of rotatable bonds is 8. The third-order valence-electron chi connectivity index (χ3n) is 4.42. The number of carbonyl (C=O) groups is 2. The first-order valence-corrected chi connectivity index (χ1v) is 9.65. The first-order chi connectivity index (χ1) is 14.5. The van der Waals surface area contributed by atoms with Gasteiger partial charge in [-0.25, -0.2) is 9.48 Å². The fraction of sp³-hybridized carbons (Fsp3) is 0.174. The third kappa shape index (κ3) is 5.15. The van der Waals surface area contributed by atoms with Gasteiger partial charge in [-0.1, -0.05) is 54.1 Å². The Labute approximate surface area is 179 Å². The first-order valence-electron chi connectivity index (χ1n) is 9.27. The number of benzene rings is 2. The fourth-order valence-corrected chi connectivity index (χ4v) is 3.20. The molecule has 0 saturated heterocycles. The summed E-state index contributed by atoms with van der Waals surface area (Å²) in [5, 5.41) is 4.85. The van der Waals surface area contributed by atoms with Gasteiger partial charge in [0.2, 0.25) is 5.78 Å². The Balaban J connectivity index is 1.63. The summed E-state index contributed by atoms with van der Waals surface area (Å²) in [6.45, 7) is 1.94. The normalized spacial score (nSPS) is 10.9. The van der Waals surface area contributed by atoms with E-state index in [9.17, 15) is 9.59 Å². The number of aryl methyl sites for hydroxylation is 1. The number of aromatic nitrogens is 2. The number of ketones is 1. The number of para-hydroxylation sites is 1. The van der Waals surface area contributed by atoms with E-state index in [0.717, 1.165) is 5.56 Å². The van der Waals surface area contributed by atoms with Crippen molar-refractivity contribution in [1.82, 2.24) is 9.78 Å². The predicted molar refractivity (Wildman–Crippen MR) is 115 cm³/mol. The summed E-state index contributed by atoms with van der Waals surface area (Å²) in [7, 11) is 1.48. The number of carbonyl (C=O) groups excluding carboxylic acids is 2. The molecule has 6 nitrogen and oxygen atoms in total. The van der Waals surface area contributed by atoms with Gasteiger partial charge in [0.1, 0.15) is 10.9 Å². The number of hydrogen-bond donors (Lipinski definition) is 0. The summed E-state index contributed by atoms with van der Waals surface area (Å²) in [5.74, 6) is -0.564. The van der Waals surface area contributed by atoms with Crippen LogP contribution >= 0.6 is 11.6 Å². The van der Waals surface area contributed by atoms with Gasteiger partial charge in [-0.15, -0.1) is 0 Å². The molecule has 0 aliphatic heterocycles. The highest BCUT2D eigenvalue weighted by Crippen LogP contribution is 2.22. The van der Waals surface area contributed by atoms with Crippen molar-refractivity contribution in [3.8, 4) is 5.75 Å². The lowest BCUT2D eigenvalue weighted by atomic mass is 10.1. The molecule has 1 heterocycles. The zero-order valence-electron chi connectivity index (χ0n) is 16.7. The van der Waals surface area contributed by atoms with Crippen molar-refractivity contribution in [2.24, 2.45) is 0 Å². The number of halogens is 1. The molecule has 0 unspecified atom stereocenters. The second kappa shape index (κ2) is 9.89. The predicted octanol–water partition coefficient (Wildman–Crippen LogP) is 4.34. The third-order valence-corrected chi connectivity index (χ3v) is 4.82. The van der Waals surface area contributed by atoms with Gasteiger partial charge in [0, 0.05) is 11.6 Å². The SMILES string of the molecule is COc1ccccc1C(=O)COC(=O)/C=C/c1c(C)nn(Cc2ccccc2)c1Cl. The van der Waals surface area contributed by atoms with Gasteiger partial charge in [0.25, 0.3) is 0 Å². The van der Waals surface area contributed by atoms with E-state index in [1.165, 1.54) is 13.2 Å². The van der Waals surface area contributed by atoms with Gasteiger partial charge in [0.05, 0.1) is 24.9 Å². The maximum Gasteiger partial charge on any atom is 0.331 e. The monoisotopic (exact) mass is 424 g/mol. The number of Topliss-reactive ketones (excluding diaryl/α,β-unsaturated/α-hetero) is 1. The van der Waals surface area contributed by atoms with Crippen molar-refractivity contribution in [2.45, 2.75) is 13.5 Å². The maximum atomic E-state index is 12.3. The topological polar surface area (TPSA) is 70.4 Å². The van der Waals surface area contributed by atoms with Crippen LogP contribution in [0.4, 0.5) is 0 Å². The lowest BCUT2D eigenvalue weighted by Crippen LogP contribution is -2.13. The summed E-state index contributed by atoms with van der Waals surface area (Å²) in [4.78, 5) is 24.3. The zero-order chi connectivity index (χ0) is 21.5. The van der Waals surface area contributed by atoms with Crippen LogP contribution in [-0.4, -0.2) is 35.2 Å². The van der Waals surface area contributed by atoms with Crippen molar-refractivity contribution in [3.05, 3.63) is 88.2 Å². The van der Waals surface area contributed by atoms with E-state index in [0.29, 0.717) is 34.3 Å². The van der Waals surface area contributed by atoms with E-state index in [2.05, 4.69) is 5.10 Å². The van der Waals surface area contributed by atoms with Gasteiger partial charge in [-0.2, -0.15) is 5.10 Å². The average molecular weight is 425 g/mol. The minimum Gasteiger partial charge on any atom is -0.496 e. The number of methoxy groups -OCH3 is 1. The Hall–Kier alpha value is -3.38. The van der Waals surface area contributed by atoms with E-state index in [1.807, 2.05) is 37.3 Å². The molecule has 2 aromatic carbocycles. The fourth-order valence-electron chi connectivity index (χ4n) is 2.91. The van der Waals surface area contributed by atoms with Crippen molar-refractivity contribution in [3.63, 3.8) is 0 Å². The van der Waals surface area contributed by atoms with Gasteiger partial charge in [-0.3, -0.25) is 4.79 Å². The van der Waals surface area contributed by atoms with Crippen LogP contribution < -0.4 is 4.74 Å². The second-order valence-electron chi connectivity index (χ2n) is 6.50. The summed E-state index contributed by atoms with van der Waals surface area (Å²) >= 11 is 6.43. The summed E-state index contributed by atoms with van der Waals surface area (Å²) in [6, 6.07) is 16.6. The molecule has 0 aliphatic rings. The highest BCUT2D eigenvalue weighted by molar-refractivity contribution is 6.31. The standard InChI is InChI=1S/C23H21ClN2O4/c1-16-18(23(24)26(25-16)14-17-8-4-3-5-9-17)12-13-22(28)30-15-20(27)19-10-6-7-11-21(19)29-2/h3-13H,14-15H2,1-2H3/b13-12+. The summed E-state index contributed by atoms with van der Waals surface area (Å²) < 4.78 is 11.9. The van der Waals surface area contributed by atoms with Crippen LogP contribution in [0.15, 0.2) is 60.7 Å². The highest BCUT2D eigenvalue weighted by Gasteiger charge is 2.14. The van der Waals surface area contributed by atoms with E-state index < -0.39 is 5.97 Å². The average Bonchev–Trinajstić information content (AvgIpc) is 3.03. The molecule has 3 aromatic rings. The molecule has 1 aromatic heterocycles. The Bertz CT molecular complexity index is 1070. The van der Waals surface area contributed by atoms with Crippen LogP contribution in [0.25, 0.3) is 6.08 Å². The molecular weight excluding hydrogens is 404 g/mol. The highest BCUT2D eigenvalue weighted by atomic mass is 35.5. The van der Waals surface area contributed by atoms with Crippen LogP contribution in [0.1, 0.15) is 27.2 Å². The molecule has 0 N–H and O–H groups in total. The van der Waals surface area contributed by atoms with E-state index in [1.54, 1.807) is 35.0 Å². The first kappa shape index (κ1) is 21.3. The molecule has 0 spiro atoms. The summed E-state index contributed by atoms with van der Waals surface area (Å²) in [5.41, 5.74) is 2.73. The van der Waals surface area contributed by atoms with Crippen molar-refractivity contribution < 1.29 is 19.1 Å². The zero-order valence-corrected chi connectivity index (χ0v) is 17.4. The van der Waals surface area contributed by atoms with E-state index in [-0.39, 0.29) is 12.4 Å². The number of esters is 1. The minimum absolute atomic E-state index is 0.348. The van der Waals surface area contributed by atoms with Crippen molar-refractivity contribution >= 4 is 29.4 Å². The van der Waals surface area contributed by atoms with Crippen LogP contribution in [0.3, 0.4) is 0 Å². The van der Waals surface area contributed by atoms with Gasteiger partial charge in [0.15, 0.2) is 6.61 Å². The summed E-state index contributed by atoms with van der Waals surface area (Å²) in [6.07, 6.45) is 2.78. The molecule has 0 saturated carbocycles. The lowest BCUT2D eigenvalue weighted by molar-refractivity contribution is -0.136. The van der Waals surface area contributed by atoms with Crippen molar-refractivity contribution in [1.29, 1.82) is 0 Å². The molecule has 0 aliphatic carbocycles. The molecular formula is C23H21ClN2O4. The Morgan fingerprint density at radius 3 is 2.53 bits per heavy atom. The molecule has 0 bridgehead atoms. The molecule has 0 fully saturated rings. The van der Waals surface area contributed by atoms with Crippen LogP contribution in [0.5, 0.6) is 5.75 Å². The van der Waals surface area contributed by atoms with E-state index >= 15 is 0 Å². The Morgan fingerprint density at radius 1 is 1.10 bits per heavy atom. The van der Waals surface area contributed by atoms with Gasteiger partial charge >= 0.3 is 5.97 Å². The number of nitrogens with zero attached hydrogens (tertiary/aromatic N) is 2. The smallest absolute Gasteiger partial charge is 0.331 e. The molecule has 0 amide bonds. The second-order valence-corrected chi connectivity index (χ2v) is 6.86.